The standard InChI is InChI=1S/C34H27N5O17S5.4Na/c1-17-8-26(37-39-33-30(60(50,51)52)12-19-11-21(57(41,42)43)13-24(35)31(19)34(33)40)28(55-2)16-25(17)36-38-27-14-22(58(44,45)46)9-18-10-23(59(47,48)49)15-29(32(18)27)56-61(53,54)20-6-4-3-5-7-20;;;;/h3-16,40H,35H2,1-2H3,(H,41,42,43)(H,44,45,46)(H,47,48,49)(H,50,51,52);;;;/q;4*+1/p-4. The number of anilines is 1. The van der Waals surface area contributed by atoms with Gasteiger partial charge in [0.1, 0.15) is 51.6 Å². The summed E-state index contributed by atoms with van der Waals surface area (Å²) >= 11 is 0. The maximum Gasteiger partial charge on any atom is 1.00 e. The number of rotatable bonds is 12. The number of azo groups is 2. The van der Waals surface area contributed by atoms with Gasteiger partial charge in [0.15, 0.2) is 5.75 Å². The Morgan fingerprint density at radius 3 is 1.58 bits per heavy atom. The minimum Gasteiger partial charge on any atom is -0.870 e. The van der Waals surface area contributed by atoms with Gasteiger partial charge in [-0.2, -0.15) is 21.9 Å². The van der Waals surface area contributed by atoms with E-state index < -0.39 is 125 Å². The molecule has 65 heavy (non-hydrogen) atoms. The number of aryl methyl sites for hydroxylation is 1. The zero-order valence-electron chi connectivity index (χ0n) is 34.5. The van der Waals surface area contributed by atoms with Crippen LogP contribution in [-0.4, -0.2) is 67.4 Å². The summed E-state index contributed by atoms with van der Waals surface area (Å²) in [6.07, 6.45) is 0. The summed E-state index contributed by atoms with van der Waals surface area (Å²) in [5.74, 6) is -2.26. The van der Waals surface area contributed by atoms with Crippen molar-refractivity contribution >= 4 is 101 Å². The summed E-state index contributed by atoms with van der Waals surface area (Å²) in [5.41, 5.74) is 3.60. The largest absolute Gasteiger partial charge is 1.00 e. The Bertz CT molecular complexity index is 3490. The van der Waals surface area contributed by atoms with Gasteiger partial charge in [-0.25, -0.2) is 25.3 Å². The normalized spacial score (nSPS) is 12.3. The summed E-state index contributed by atoms with van der Waals surface area (Å²) in [6.45, 7) is 1.41. The molecule has 6 aromatic rings. The molecular weight excluding hydrogens is 1000 g/mol. The molecule has 22 nitrogen and oxygen atoms in total. The Labute approximate surface area is 459 Å². The van der Waals surface area contributed by atoms with Gasteiger partial charge >= 0.3 is 128 Å². The number of nitrogens with two attached hydrogens (primary N) is 1. The number of methoxy groups -OCH3 is 1. The maximum absolute atomic E-state index is 13.5. The monoisotopic (exact) mass is 1020 g/mol. The number of nitrogen functional groups attached to an aromatic ring is 1. The molecule has 0 spiro atoms. The second-order valence-electron chi connectivity index (χ2n) is 12.5. The molecule has 0 amide bonds. The van der Waals surface area contributed by atoms with Crippen LogP contribution >= 0.6 is 0 Å². The minimum atomic E-state index is -5.36. The van der Waals surface area contributed by atoms with Gasteiger partial charge in [0.05, 0.1) is 44.2 Å². The van der Waals surface area contributed by atoms with Crippen molar-refractivity contribution in [3.63, 3.8) is 0 Å². The Morgan fingerprint density at radius 2 is 1.06 bits per heavy atom. The third-order valence-electron chi connectivity index (χ3n) is 8.47. The second kappa shape index (κ2) is 22.1. The fourth-order valence-corrected chi connectivity index (χ4v) is 8.92. The van der Waals surface area contributed by atoms with Crippen LogP contribution in [0.4, 0.5) is 28.4 Å². The molecule has 6 rings (SSSR count). The van der Waals surface area contributed by atoms with E-state index in [9.17, 15) is 65.4 Å². The summed E-state index contributed by atoms with van der Waals surface area (Å²) in [4.78, 5) is -4.49. The van der Waals surface area contributed by atoms with Crippen LogP contribution in [0.15, 0.2) is 130 Å². The van der Waals surface area contributed by atoms with Gasteiger partial charge < -0.3 is 33.4 Å². The molecule has 0 saturated heterocycles. The SMILES string of the molecule is COc1cc(N=Nc2cc(S(=O)(=O)[O-])cc3cc(S(=O)(=O)[O-])cc(OS(=O)(=O)c4ccccc4)c23)c(C)cc1N=Nc1c(S(=O)(=O)O)cc2cc(S(=O)(=O)[O-])cc(N)c2c1[O-].[Na+].[Na+].[Na+].[Na+]. The average Bonchev–Trinajstić information content (AvgIpc) is 3.15. The van der Waals surface area contributed by atoms with Gasteiger partial charge in [0, 0.05) is 17.8 Å². The number of hydrogen-bond donors (Lipinski definition) is 2. The predicted octanol–water partition coefficient (Wildman–Crippen LogP) is -7.46. The molecular formula is C34H23N5Na4O17S5. The molecule has 320 valence electrons. The van der Waals surface area contributed by atoms with Crippen molar-refractivity contribution in [2.24, 2.45) is 20.5 Å². The molecule has 0 heterocycles. The van der Waals surface area contributed by atoms with E-state index >= 15 is 0 Å². The van der Waals surface area contributed by atoms with E-state index in [1.807, 2.05) is 0 Å². The summed E-state index contributed by atoms with van der Waals surface area (Å²) in [6, 6.07) is 13.4. The number of hydrogen-bond acceptors (Lipinski definition) is 21. The second-order valence-corrected chi connectivity index (χ2v) is 19.6. The van der Waals surface area contributed by atoms with Crippen LogP contribution in [0.2, 0.25) is 0 Å². The third kappa shape index (κ3) is 13.3. The number of nitrogens with zero attached hydrogens (tertiary/aromatic N) is 4. The number of benzene rings is 6. The Balaban J connectivity index is 0.00000363. The van der Waals surface area contributed by atoms with Crippen LogP contribution in [0.5, 0.6) is 17.2 Å². The van der Waals surface area contributed by atoms with E-state index in [2.05, 4.69) is 20.5 Å². The van der Waals surface area contributed by atoms with E-state index in [0.29, 0.717) is 42.5 Å². The van der Waals surface area contributed by atoms with Gasteiger partial charge in [-0.05, 0) is 83.2 Å². The van der Waals surface area contributed by atoms with Crippen molar-refractivity contribution in [3.05, 3.63) is 90.5 Å². The molecule has 0 aliphatic carbocycles. The molecule has 0 aromatic heterocycles. The molecule has 0 aliphatic rings. The molecule has 0 radical (unpaired) electrons. The van der Waals surface area contributed by atoms with Crippen LogP contribution in [0.3, 0.4) is 0 Å². The summed E-state index contributed by atoms with van der Waals surface area (Å²) in [5, 5.41) is 27.3. The molecule has 0 unspecified atom stereocenters. The average molecular weight is 1030 g/mol. The first-order valence-electron chi connectivity index (χ1n) is 16.2. The van der Waals surface area contributed by atoms with Crippen molar-refractivity contribution < 1.29 is 193 Å². The Hall–Kier alpha value is -2.17. The Kier molecular flexibility index (Phi) is 20.0. The van der Waals surface area contributed by atoms with Crippen LogP contribution in [-0.2, 0) is 50.6 Å². The molecule has 6 aromatic carbocycles. The summed E-state index contributed by atoms with van der Waals surface area (Å²) in [7, 11) is -24.7. The van der Waals surface area contributed by atoms with Crippen molar-refractivity contribution in [2.45, 2.75) is 31.4 Å². The first-order chi connectivity index (χ1) is 28.2. The van der Waals surface area contributed by atoms with Crippen molar-refractivity contribution in [3.8, 4) is 17.2 Å². The first-order valence-corrected chi connectivity index (χ1v) is 23.3. The van der Waals surface area contributed by atoms with Crippen LogP contribution in [0, 0.1) is 6.92 Å². The van der Waals surface area contributed by atoms with E-state index in [1.54, 1.807) is 0 Å². The predicted molar refractivity (Wildman–Crippen MR) is 206 cm³/mol. The topological polar surface area (TPSA) is 377 Å². The molecule has 0 fully saturated rings. The van der Waals surface area contributed by atoms with E-state index in [1.165, 1.54) is 31.2 Å². The Morgan fingerprint density at radius 1 is 0.569 bits per heavy atom. The van der Waals surface area contributed by atoms with Crippen molar-refractivity contribution in [1.82, 2.24) is 0 Å². The fourth-order valence-electron chi connectivity index (χ4n) is 5.72. The maximum atomic E-state index is 13.5. The molecule has 31 heteroatoms. The van der Waals surface area contributed by atoms with Crippen molar-refractivity contribution in [2.75, 3.05) is 12.8 Å². The van der Waals surface area contributed by atoms with Gasteiger partial charge in [0.25, 0.3) is 10.1 Å². The fraction of sp³-hybridized carbons (Fsp3) is 0.0588. The quantitative estimate of drug-likeness (QED) is 0.0378. The van der Waals surface area contributed by atoms with Crippen molar-refractivity contribution in [1.29, 1.82) is 0 Å². The third-order valence-corrected chi connectivity index (χ3v) is 13.0. The first kappa shape index (κ1) is 59.0. The van der Waals surface area contributed by atoms with E-state index in [-0.39, 0.29) is 141 Å². The molecule has 0 aliphatic heterocycles. The molecule has 0 bridgehead atoms. The van der Waals surface area contributed by atoms with Gasteiger partial charge in [0.2, 0.25) is 0 Å². The van der Waals surface area contributed by atoms with E-state index in [0.717, 1.165) is 25.3 Å². The van der Waals surface area contributed by atoms with Gasteiger partial charge in [-0.15, -0.1) is 15.3 Å². The number of ether oxygens (including phenoxy) is 1. The van der Waals surface area contributed by atoms with Crippen LogP contribution in [0.1, 0.15) is 5.56 Å². The van der Waals surface area contributed by atoms with Crippen LogP contribution < -0.4 is 138 Å². The summed E-state index contributed by atoms with van der Waals surface area (Å²) < 4.78 is 179. The van der Waals surface area contributed by atoms with Gasteiger partial charge in [-0.1, -0.05) is 23.9 Å². The molecule has 0 saturated carbocycles. The zero-order valence-corrected chi connectivity index (χ0v) is 46.6. The minimum absolute atomic E-state index is 0. The number of fused-ring (bicyclic) bond motifs is 2. The zero-order chi connectivity index (χ0) is 45.0. The molecule has 3 N–H and O–H groups in total. The van der Waals surface area contributed by atoms with Crippen LogP contribution in [0.25, 0.3) is 21.5 Å². The smallest absolute Gasteiger partial charge is 0.870 e. The molecule has 0 atom stereocenters. The van der Waals surface area contributed by atoms with E-state index in [4.69, 9.17) is 14.7 Å². The van der Waals surface area contributed by atoms with Gasteiger partial charge in [-0.3, -0.25) is 4.55 Å².